The average Bonchev–Trinajstić information content (AvgIpc) is 2.97. The molecule has 0 aliphatic carbocycles. The standard InChI is InChI=1S/C16H23ClN4O3.HI/c1-11-9-21(10-13(11)15(22)23-3)16(18-2)19-6-7-24-14-5-4-12(17)8-20-14;/h4-5,8,11,13H,6-7,9-10H2,1-3H3,(H,18,19);1H. The number of likely N-dealkylation sites (tertiary alicyclic amines) is 1. The highest BCUT2D eigenvalue weighted by Crippen LogP contribution is 2.24. The average molecular weight is 483 g/mol. The van der Waals surface area contributed by atoms with Gasteiger partial charge in [-0.2, -0.15) is 0 Å². The van der Waals surface area contributed by atoms with Crippen LogP contribution in [0.2, 0.25) is 5.02 Å². The maximum Gasteiger partial charge on any atom is 0.310 e. The Bertz CT molecular complexity index is 585. The number of nitrogens with one attached hydrogen (secondary N) is 1. The molecule has 0 radical (unpaired) electrons. The Labute approximate surface area is 170 Å². The van der Waals surface area contributed by atoms with Crippen LogP contribution in [-0.4, -0.2) is 62.2 Å². The first-order valence-electron chi connectivity index (χ1n) is 7.83. The Morgan fingerprint density at radius 3 is 2.84 bits per heavy atom. The minimum absolute atomic E-state index is 0. The molecule has 0 saturated carbocycles. The van der Waals surface area contributed by atoms with Crippen LogP contribution in [0, 0.1) is 11.8 Å². The fraction of sp³-hybridized carbons (Fsp3) is 0.562. The summed E-state index contributed by atoms with van der Waals surface area (Å²) in [6.45, 7) is 4.43. The van der Waals surface area contributed by atoms with E-state index in [9.17, 15) is 4.79 Å². The monoisotopic (exact) mass is 482 g/mol. The van der Waals surface area contributed by atoms with Crippen LogP contribution in [0.1, 0.15) is 6.92 Å². The van der Waals surface area contributed by atoms with E-state index in [0.29, 0.717) is 30.6 Å². The number of aliphatic imine (C=N–C) groups is 1. The lowest BCUT2D eigenvalue weighted by Crippen LogP contribution is -2.42. The van der Waals surface area contributed by atoms with Gasteiger partial charge < -0.3 is 19.7 Å². The van der Waals surface area contributed by atoms with E-state index < -0.39 is 0 Å². The molecule has 140 valence electrons. The lowest BCUT2D eigenvalue weighted by molar-refractivity contribution is -0.145. The van der Waals surface area contributed by atoms with Gasteiger partial charge in [-0.25, -0.2) is 4.98 Å². The molecule has 1 aliphatic heterocycles. The zero-order valence-electron chi connectivity index (χ0n) is 14.6. The Morgan fingerprint density at radius 1 is 1.48 bits per heavy atom. The number of ether oxygens (including phenoxy) is 2. The van der Waals surface area contributed by atoms with Crippen LogP contribution < -0.4 is 10.1 Å². The molecule has 1 N–H and O–H groups in total. The van der Waals surface area contributed by atoms with E-state index in [1.807, 2.05) is 6.92 Å². The van der Waals surface area contributed by atoms with Crippen molar-refractivity contribution in [3.63, 3.8) is 0 Å². The Balaban J connectivity index is 0.00000312. The number of esters is 1. The first kappa shape index (κ1) is 21.8. The highest BCUT2D eigenvalue weighted by atomic mass is 127. The van der Waals surface area contributed by atoms with Crippen LogP contribution >= 0.6 is 35.6 Å². The van der Waals surface area contributed by atoms with E-state index in [1.54, 1.807) is 25.4 Å². The minimum atomic E-state index is -0.169. The van der Waals surface area contributed by atoms with Crippen molar-refractivity contribution in [3.05, 3.63) is 23.4 Å². The molecule has 1 aliphatic rings. The van der Waals surface area contributed by atoms with E-state index in [-0.39, 0.29) is 41.8 Å². The number of rotatable bonds is 5. The zero-order valence-corrected chi connectivity index (χ0v) is 17.7. The molecule has 2 unspecified atom stereocenters. The number of hydrogen-bond acceptors (Lipinski definition) is 5. The number of guanidine groups is 1. The molecule has 1 fully saturated rings. The van der Waals surface area contributed by atoms with Crippen molar-refractivity contribution in [3.8, 4) is 5.88 Å². The highest BCUT2D eigenvalue weighted by molar-refractivity contribution is 14.0. The molecule has 1 aromatic rings. The first-order chi connectivity index (χ1) is 11.5. The van der Waals surface area contributed by atoms with Crippen LogP contribution in [0.4, 0.5) is 0 Å². The van der Waals surface area contributed by atoms with E-state index in [1.165, 1.54) is 7.11 Å². The molecule has 1 aromatic heterocycles. The van der Waals surface area contributed by atoms with Crippen molar-refractivity contribution in [2.24, 2.45) is 16.8 Å². The van der Waals surface area contributed by atoms with Gasteiger partial charge in [-0.15, -0.1) is 24.0 Å². The molecular weight excluding hydrogens is 459 g/mol. The highest BCUT2D eigenvalue weighted by Gasteiger charge is 2.36. The van der Waals surface area contributed by atoms with Crippen LogP contribution in [0.25, 0.3) is 0 Å². The summed E-state index contributed by atoms with van der Waals surface area (Å²) >= 11 is 5.78. The van der Waals surface area contributed by atoms with Crippen molar-refractivity contribution < 1.29 is 14.3 Å². The maximum atomic E-state index is 11.8. The number of halogens is 2. The second kappa shape index (κ2) is 10.6. The number of methoxy groups -OCH3 is 1. The van der Waals surface area contributed by atoms with Crippen molar-refractivity contribution in [1.82, 2.24) is 15.2 Å². The van der Waals surface area contributed by atoms with Gasteiger partial charge in [0.2, 0.25) is 5.88 Å². The molecule has 1 saturated heterocycles. The van der Waals surface area contributed by atoms with Gasteiger partial charge in [0, 0.05) is 32.4 Å². The van der Waals surface area contributed by atoms with Crippen LogP contribution in [0.5, 0.6) is 5.88 Å². The first-order valence-corrected chi connectivity index (χ1v) is 8.20. The second-order valence-electron chi connectivity index (χ2n) is 5.65. The van der Waals surface area contributed by atoms with Gasteiger partial charge in [-0.05, 0) is 12.0 Å². The van der Waals surface area contributed by atoms with Crippen molar-refractivity contribution >= 4 is 47.5 Å². The van der Waals surface area contributed by atoms with Gasteiger partial charge >= 0.3 is 5.97 Å². The summed E-state index contributed by atoms with van der Waals surface area (Å²) < 4.78 is 10.4. The molecular formula is C16H24ClIN4O3. The third-order valence-corrected chi connectivity index (χ3v) is 4.19. The quantitative estimate of drug-likeness (QED) is 0.228. The van der Waals surface area contributed by atoms with Crippen LogP contribution in [-0.2, 0) is 9.53 Å². The lowest BCUT2D eigenvalue weighted by Gasteiger charge is -2.21. The van der Waals surface area contributed by atoms with E-state index in [0.717, 1.165) is 12.5 Å². The minimum Gasteiger partial charge on any atom is -0.476 e. The van der Waals surface area contributed by atoms with E-state index in [2.05, 4.69) is 20.2 Å². The summed E-state index contributed by atoms with van der Waals surface area (Å²) in [6.07, 6.45) is 1.54. The van der Waals surface area contributed by atoms with E-state index >= 15 is 0 Å². The molecule has 2 rings (SSSR count). The third-order valence-electron chi connectivity index (χ3n) is 3.96. The van der Waals surface area contributed by atoms with Gasteiger partial charge in [0.05, 0.1) is 24.6 Å². The Morgan fingerprint density at radius 2 is 2.24 bits per heavy atom. The van der Waals surface area contributed by atoms with Crippen molar-refractivity contribution in [2.45, 2.75) is 6.92 Å². The van der Waals surface area contributed by atoms with Gasteiger partial charge in [-0.3, -0.25) is 9.79 Å². The molecule has 25 heavy (non-hydrogen) atoms. The summed E-state index contributed by atoms with van der Waals surface area (Å²) in [6, 6.07) is 3.45. The number of carbonyl (C=O) groups excluding carboxylic acids is 1. The fourth-order valence-corrected chi connectivity index (χ4v) is 2.81. The van der Waals surface area contributed by atoms with Gasteiger partial charge in [0.15, 0.2) is 5.96 Å². The van der Waals surface area contributed by atoms with Crippen LogP contribution in [0.3, 0.4) is 0 Å². The molecule has 2 atom stereocenters. The largest absolute Gasteiger partial charge is 0.476 e. The number of pyridine rings is 1. The molecule has 0 bridgehead atoms. The lowest BCUT2D eigenvalue weighted by atomic mass is 9.99. The number of carbonyl (C=O) groups is 1. The maximum absolute atomic E-state index is 11.8. The SMILES string of the molecule is CN=C(NCCOc1ccc(Cl)cn1)N1CC(C)C(C(=O)OC)C1.I. The van der Waals surface area contributed by atoms with Gasteiger partial charge in [-0.1, -0.05) is 18.5 Å². The Hall–Kier alpha value is -1.29. The zero-order chi connectivity index (χ0) is 17.5. The number of nitrogens with zero attached hydrogens (tertiary/aromatic N) is 3. The van der Waals surface area contributed by atoms with Gasteiger partial charge in [0.25, 0.3) is 0 Å². The summed E-state index contributed by atoms with van der Waals surface area (Å²) in [5, 5.41) is 3.81. The van der Waals surface area contributed by atoms with Crippen LogP contribution in [0.15, 0.2) is 23.3 Å². The second-order valence-corrected chi connectivity index (χ2v) is 6.09. The van der Waals surface area contributed by atoms with Crippen molar-refractivity contribution in [1.29, 1.82) is 0 Å². The Kier molecular flexibility index (Phi) is 9.26. The summed E-state index contributed by atoms with van der Waals surface area (Å²) in [5.41, 5.74) is 0. The molecule has 2 heterocycles. The van der Waals surface area contributed by atoms with Gasteiger partial charge in [0.1, 0.15) is 6.61 Å². The topological polar surface area (TPSA) is 76.1 Å². The number of hydrogen-bond donors (Lipinski definition) is 1. The third kappa shape index (κ3) is 6.18. The summed E-state index contributed by atoms with van der Waals surface area (Å²) in [5.74, 6) is 1.21. The smallest absolute Gasteiger partial charge is 0.310 e. The predicted octanol–water partition coefficient (Wildman–Crippen LogP) is 2.05. The summed E-state index contributed by atoms with van der Waals surface area (Å²) in [4.78, 5) is 22.2. The predicted molar refractivity (Wildman–Crippen MR) is 108 cm³/mol. The normalized spacial score (nSPS) is 20.0. The number of aromatic nitrogens is 1. The molecule has 7 nitrogen and oxygen atoms in total. The molecule has 0 amide bonds. The van der Waals surface area contributed by atoms with E-state index in [4.69, 9.17) is 21.1 Å². The molecule has 0 spiro atoms. The fourth-order valence-electron chi connectivity index (χ4n) is 2.70. The van der Waals surface area contributed by atoms with Crippen molar-refractivity contribution in [2.75, 3.05) is 40.4 Å². The molecule has 0 aromatic carbocycles. The summed E-state index contributed by atoms with van der Waals surface area (Å²) in [7, 11) is 3.15. The molecule has 9 heteroatoms.